The quantitative estimate of drug-likeness (QED) is 0.575. The minimum atomic E-state index is -0.764. The fraction of sp³-hybridized carbons (Fsp3) is 0.423. The molecule has 36 heavy (non-hydrogen) atoms. The van der Waals surface area contributed by atoms with Gasteiger partial charge in [0.2, 0.25) is 5.88 Å². The SMILES string of the molecule is COc1cnc2cccc(C(O)CN3CC[C@@H]4CN(c5ccc6c(c5)OCCO6)C(=O)O[C@H]4C3)c2n1. The molecule has 10 heteroatoms. The Hall–Kier alpha value is -3.63. The van der Waals surface area contributed by atoms with E-state index in [9.17, 15) is 9.90 Å². The van der Waals surface area contributed by atoms with Gasteiger partial charge in [0.25, 0.3) is 0 Å². The molecule has 3 atom stereocenters. The summed E-state index contributed by atoms with van der Waals surface area (Å²) in [4.78, 5) is 25.6. The number of rotatable bonds is 5. The highest BCUT2D eigenvalue weighted by Crippen LogP contribution is 2.37. The summed E-state index contributed by atoms with van der Waals surface area (Å²) in [5, 5.41) is 11.1. The molecule has 0 saturated carbocycles. The molecule has 3 aliphatic rings. The summed E-state index contributed by atoms with van der Waals surface area (Å²) in [6, 6.07) is 11.1. The first kappa shape index (κ1) is 22.8. The molecule has 2 saturated heterocycles. The molecule has 10 nitrogen and oxygen atoms in total. The van der Waals surface area contributed by atoms with Crippen LogP contribution in [0, 0.1) is 5.92 Å². The third-order valence-corrected chi connectivity index (χ3v) is 7.09. The summed E-state index contributed by atoms with van der Waals surface area (Å²) < 4.78 is 22.3. The maximum absolute atomic E-state index is 12.9. The van der Waals surface area contributed by atoms with Gasteiger partial charge in [-0.25, -0.2) is 14.8 Å². The molecule has 1 N–H and O–H groups in total. The molecule has 4 heterocycles. The average molecular weight is 493 g/mol. The standard InChI is InChI=1S/C26H28N4O6/c1-33-24-12-27-19-4-2-3-18(25(19)28-24)20(31)14-29-8-7-16-13-30(26(32)36-23(16)15-29)17-5-6-21-22(11-17)35-10-9-34-21/h2-6,11-12,16,20,23,31H,7-10,13-15H2,1H3/t16-,20?,23+/m1/s1. The lowest BCUT2D eigenvalue weighted by Crippen LogP contribution is -2.56. The Morgan fingerprint density at radius 1 is 1.17 bits per heavy atom. The topological polar surface area (TPSA) is 106 Å². The second-order valence-electron chi connectivity index (χ2n) is 9.31. The van der Waals surface area contributed by atoms with Crippen molar-refractivity contribution in [2.75, 3.05) is 51.4 Å². The smallest absolute Gasteiger partial charge is 0.414 e. The summed E-state index contributed by atoms with van der Waals surface area (Å²) in [5.41, 5.74) is 2.77. The van der Waals surface area contributed by atoms with Gasteiger partial charge in [-0.15, -0.1) is 0 Å². The number of aliphatic hydroxyl groups excluding tert-OH is 1. The van der Waals surface area contributed by atoms with Gasteiger partial charge in [-0.1, -0.05) is 12.1 Å². The fourth-order valence-corrected chi connectivity index (χ4v) is 5.20. The molecule has 0 aliphatic carbocycles. The molecule has 2 aromatic carbocycles. The zero-order valence-corrected chi connectivity index (χ0v) is 20.0. The first-order valence-electron chi connectivity index (χ1n) is 12.2. The first-order chi connectivity index (χ1) is 17.6. The Kier molecular flexibility index (Phi) is 5.98. The van der Waals surface area contributed by atoms with E-state index in [4.69, 9.17) is 18.9 Å². The van der Waals surface area contributed by atoms with Crippen molar-refractivity contribution in [3.63, 3.8) is 0 Å². The number of benzene rings is 2. The number of hydrogen-bond donors (Lipinski definition) is 1. The lowest BCUT2D eigenvalue weighted by molar-refractivity contribution is -0.0185. The molecule has 3 aliphatic heterocycles. The van der Waals surface area contributed by atoms with E-state index in [-0.39, 0.29) is 18.1 Å². The summed E-state index contributed by atoms with van der Waals surface area (Å²) in [6.45, 7) is 3.37. The maximum Gasteiger partial charge on any atom is 0.414 e. The highest BCUT2D eigenvalue weighted by Gasteiger charge is 2.40. The van der Waals surface area contributed by atoms with Crippen LogP contribution in [0.4, 0.5) is 10.5 Å². The van der Waals surface area contributed by atoms with E-state index in [1.807, 2.05) is 36.4 Å². The summed E-state index contributed by atoms with van der Waals surface area (Å²) >= 11 is 0. The second kappa shape index (κ2) is 9.44. The van der Waals surface area contributed by atoms with Crippen molar-refractivity contribution < 1.29 is 28.8 Å². The zero-order valence-electron chi connectivity index (χ0n) is 20.0. The summed E-state index contributed by atoms with van der Waals surface area (Å²) in [6.07, 6.45) is 1.07. The molecular weight excluding hydrogens is 464 g/mol. The molecule has 0 radical (unpaired) electrons. The Bertz CT molecular complexity index is 1290. The van der Waals surface area contributed by atoms with E-state index in [0.717, 1.165) is 18.7 Å². The van der Waals surface area contributed by atoms with Crippen molar-refractivity contribution in [3.8, 4) is 17.4 Å². The third kappa shape index (κ3) is 4.27. The fourth-order valence-electron chi connectivity index (χ4n) is 5.20. The monoisotopic (exact) mass is 492 g/mol. The van der Waals surface area contributed by atoms with Crippen LogP contribution in [0.3, 0.4) is 0 Å². The number of ether oxygens (including phenoxy) is 4. The van der Waals surface area contributed by atoms with Crippen molar-refractivity contribution in [1.82, 2.24) is 14.9 Å². The number of aliphatic hydroxyl groups is 1. The van der Waals surface area contributed by atoms with E-state index >= 15 is 0 Å². The number of likely N-dealkylation sites (tertiary alicyclic amines) is 1. The molecular formula is C26H28N4O6. The number of nitrogens with zero attached hydrogens (tertiary/aromatic N) is 4. The third-order valence-electron chi connectivity index (χ3n) is 7.09. The minimum Gasteiger partial charge on any atom is -0.486 e. The minimum absolute atomic E-state index is 0.206. The Morgan fingerprint density at radius 2 is 2.03 bits per heavy atom. The van der Waals surface area contributed by atoms with E-state index in [1.165, 1.54) is 0 Å². The van der Waals surface area contributed by atoms with Gasteiger partial charge < -0.3 is 24.1 Å². The second-order valence-corrected chi connectivity index (χ2v) is 9.31. The van der Waals surface area contributed by atoms with Crippen molar-refractivity contribution in [2.24, 2.45) is 5.92 Å². The summed E-state index contributed by atoms with van der Waals surface area (Å²) in [7, 11) is 1.54. The number of aromatic nitrogens is 2. The number of fused-ring (bicyclic) bond motifs is 3. The number of piperidine rings is 1. The lowest BCUT2D eigenvalue weighted by Gasteiger charge is -2.44. The van der Waals surface area contributed by atoms with E-state index < -0.39 is 6.10 Å². The molecule has 1 amide bonds. The average Bonchev–Trinajstić information content (AvgIpc) is 2.91. The van der Waals surface area contributed by atoms with Crippen LogP contribution in [0.5, 0.6) is 17.4 Å². The van der Waals surface area contributed by atoms with Gasteiger partial charge >= 0.3 is 6.09 Å². The van der Waals surface area contributed by atoms with Gasteiger partial charge in [0, 0.05) is 37.2 Å². The van der Waals surface area contributed by atoms with Crippen LogP contribution in [-0.2, 0) is 4.74 Å². The van der Waals surface area contributed by atoms with Crippen molar-refractivity contribution >= 4 is 22.8 Å². The van der Waals surface area contributed by atoms with Crippen molar-refractivity contribution in [1.29, 1.82) is 0 Å². The highest BCUT2D eigenvalue weighted by molar-refractivity contribution is 5.89. The van der Waals surface area contributed by atoms with Crippen LogP contribution < -0.4 is 19.1 Å². The zero-order chi connectivity index (χ0) is 24.6. The van der Waals surface area contributed by atoms with Crippen molar-refractivity contribution in [2.45, 2.75) is 18.6 Å². The molecule has 2 fully saturated rings. The summed E-state index contributed by atoms with van der Waals surface area (Å²) in [5.74, 6) is 1.94. The molecule has 3 aromatic rings. The predicted octanol–water partition coefficient (Wildman–Crippen LogP) is 2.79. The van der Waals surface area contributed by atoms with E-state index in [2.05, 4.69) is 14.9 Å². The van der Waals surface area contributed by atoms with Gasteiger partial charge in [-0.3, -0.25) is 9.80 Å². The molecule has 6 rings (SSSR count). The van der Waals surface area contributed by atoms with Crippen LogP contribution in [0.25, 0.3) is 11.0 Å². The molecule has 1 aromatic heterocycles. The van der Waals surface area contributed by atoms with Gasteiger partial charge in [0.05, 0.1) is 36.1 Å². The van der Waals surface area contributed by atoms with E-state index in [1.54, 1.807) is 18.2 Å². The number of methoxy groups -OCH3 is 1. The molecule has 188 valence electrons. The van der Waals surface area contributed by atoms with Crippen LogP contribution in [0.1, 0.15) is 18.1 Å². The number of anilines is 1. The van der Waals surface area contributed by atoms with Gasteiger partial charge in [-0.05, 0) is 31.2 Å². The number of β-amino-alcohol motifs (C(OH)–C–C–N with tert-alkyl or cyclic N) is 1. The molecule has 0 bridgehead atoms. The Labute approximate surface area is 208 Å². The number of para-hydroxylation sites is 1. The highest BCUT2D eigenvalue weighted by atomic mass is 16.6. The van der Waals surface area contributed by atoms with Crippen LogP contribution in [0.2, 0.25) is 0 Å². The first-order valence-corrected chi connectivity index (χ1v) is 12.2. The van der Waals surface area contributed by atoms with E-state index in [0.29, 0.717) is 66.8 Å². The Balaban J connectivity index is 1.13. The maximum atomic E-state index is 12.9. The number of amides is 1. The normalized spacial score (nSPS) is 22.6. The molecule has 0 spiro atoms. The lowest BCUT2D eigenvalue weighted by atomic mass is 9.91. The van der Waals surface area contributed by atoms with Crippen LogP contribution in [0.15, 0.2) is 42.6 Å². The van der Waals surface area contributed by atoms with Gasteiger partial charge in [0.15, 0.2) is 11.5 Å². The molecule has 1 unspecified atom stereocenters. The predicted molar refractivity (Wildman–Crippen MR) is 131 cm³/mol. The Morgan fingerprint density at radius 3 is 2.89 bits per heavy atom. The number of carbonyl (C=O) groups excluding carboxylic acids is 1. The number of hydrogen-bond acceptors (Lipinski definition) is 9. The number of carbonyl (C=O) groups is 1. The van der Waals surface area contributed by atoms with Crippen molar-refractivity contribution in [3.05, 3.63) is 48.2 Å². The van der Waals surface area contributed by atoms with Crippen LogP contribution >= 0.6 is 0 Å². The largest absolute Gasteiger partial charge is 0.486 e. The van der Waals surface area contributed by atoms with Gasteiger partial charge in [-0.2, -0.15) is 0 Å². The van der Waals surface area contributed by atoms with Crippen LogP contribution in [-0.4, -0.2) is 78.7 Å². The van der Waals surface area contributed by atoms with Gasteiger partial charge in [0.1, 0.15) is 19.3 Å².